The molecule has 1 N–H and O–H groups in total. The van der Waals surface area contributed by atoms with Gasteiger partial charge in [-0.2, -0.15) is 13.2 Å². The molecule has 3 rings (SSSR count). The van der Waals surface area contributed by atoms with Gasteiger partial charge in [0, 0.05) is 17.6 Å². The monoisotopic (exact) mass is 357 g/mol. The zero-order chi connectivity index (χ0) is 17.5. The van der Waals surface area contributed by atoms with E-state index < -0.39 is 23.6 Å². The van der Waals surface area contributed by atoms with E-state index in [1.807, 2.05) is 0 Å². The second kappa shape index (κ2) is 5.90. The molecule has 0 saturated heterocycles. The Morgan fingerprint density at radius 1 is 1.25 bits per heavy atom. The van der Waals surface area contributed by atoms with Crippen LogP contribution in [-0.2, 0) is 15.7 Å². The fraction of sp³-hybridized carbons (Fsp3) is 0.188. The van der Waals surface area contributed by atoms with E-state index in [2.05, 4.69) is 5.32 Å². The van der Waals surface area contributed by atoms with Crippen molar-refractivity contribution in [3.8, 4) is 0 Å². The molecule has 1 aliphatic heterocycles. The van der Waals surface area contributed by atoms with Gasteiger partial charge in [0.25, 0.3) is 0 Å². The third-order valence-corrected chi connectivity index (χ3v) is 3.75. The number of alkyl halides is 3. The number of Topliss-reactive ketones (excluding diaryl/α,β-unsaturated/α-hetero) is 1. The van der Waals surface area contributed by atoms with Crippen LogP contribution in [0.5, 0.6) is 0 Å². The van der Waals surface area contributed by atoms with Crippen LogP contribution in [0, 0.1) is 0 Å². The van der Waals surface area contributed by atoms with Gasteiger partial charge in [-0.1, -0.05) is 11.6 Å². The lowest BCUT2D eigenvalue weighted by Crippen LogP contribution is -2.10. The highest BCUT2D eigenvalue weighted by atomic mass is 35.5. The number of ketones is 1. The number of rotatable bonds is 3. The van der Waals surface area contributed by atoms with Gasteiger partial charge in [-0.05, 0) is 29.8 Å². The highest BCUT2D eigenvalue weighted by molar-refractivity contribution is 6.31. The molecule has 0 saturated carbocycles. The molecule has 4 nitrogen and oxygen atoms in total. The Hall–Kier alpha value is -2.41. The zero-order valence-corrected chi connectivity index (χ0v) is 13.0. The Kier molecular flexibility index (Phi) is 4.04. The van der Waals surface area contributed by atoms with Gasteiger partial charge in [0.15, 0.2) is 12.0 Å². The molecule has 1 aliphatic rings. The molecule has 0 amide bonds. The topological polar surface area (TPSA) is 51.5 Å². The first kappa shape index (κ1) is 16.4. The van der Waals surface area contributed by atoms with Crippen molar-refractivity contribution in [3.05, 3.63) is 64.4 Å². The lowest BCUT2D eigenvalue weighted by atomic mass is 9.96. The number of carbonyl (C=O) groups excluding carboxylic acids is 1. The van der Waals surface area contributed by atoms with Gasteiger partial charge in [-0.15, -0.1) is 0 Å². The van der Waals surface area contributed by atoms with Crippen molar-refractivity contribution < 1.29 is 27.1 Å². The molecule has 2 heterocycles. The first-order chi connectivity index (χ1) is 11.3. The van der Waals surface area contributed by atoms with Crippen molar-refractivity contribution in [2.75, 3.05) is 7.05 Å². The summed E-state index contributed by atoms with van der Waals surface area (Å²) in [4.78, 5) is 12.7. The van der Waals surface area contributed by atoms with Crippen LogP contribution >= 0.6 is 11.6 Å². The third-order valence-electron chi connectivity index (χ3n) is 3.53. The predicted molar refractivity (Wildman–Crippen MR) is 80.0 cm³/mol. The Morgan fingerprint density at radius 3 is 2.58 bits per heavy atom. The maximum absolute atomic E-state index is 13.0. The molecular weight excluding hydrogens is 347 g/mol. The van der Waals surface area contributed by atoms with Gasteiger partial charge in [-0.25, -0.2) is 0 Å². The van der Waals surface area contributed by atoms with Crippen molar-refractivity contribution in [3.63, 3.8) is 0 Å². The molecule has 0 bridgehead atoms. The van der Waals surface area contributed by atoms with E-state index in [-0.39, 0.29) is 22.0 Å². The summed E-state index contributed by atoms with van der Waals surface area (Å²) in [5.74, 6) is -0.391. The largest absolute Gasteiger partial charge is 0.472 e. The number of halogens is 4. The van der Waals surface area contributed by atoms with Crippen LogP contribution in [0.2, 0.25) is 5.02 Å². The van der Waals surface area contributed by atoms with Crippen molar-refractivity contribution in [2.45, 2.75) is 12.3 Å². The lowest BCUT2D eigenvalue weighted by Gasteiger charge is -2.10. The molecule has 1 unspecified atom stereocenters. The van der Waals surface area contributed by atoms with Gasteiger partial charge in [0.2, 0.25) is 5.78 Å². The molecule has 24 heavy (non-hydrogen) atoms. The number of furan rings is 1. The zero-order valence-electron chi connectivity index (χ0n) is 12.3. The Bertz CT molecular complexity index is 812. The standard InChI is InChI=1S/C16H11ClF3NO3/c1-21-15-12(13(22)14(24-15)8-2-3-23-7-8)9-4-10(16(18,19)20)6-11(17)5-9/h2-7,14,21H,1H3. The van der Waals surface area contributed by atoms with Gasteiger partial charge < -0.3 is 14.5 Å². The summed E-state index contributed by atoms with van der Waals surface area (Å²) in [6.45, 7) is 0. The summed E-state index contributed by atoms with van der Waals surface area (Å²) < 4.78 is 49.4. The number of ether oxygens (including phenoxy) is 1. The molecule has 0 radical (unpaired) electrons. The molecule has 8 heteroatoms. The average Bonchev–Trinajstić information content (AvgIpc) is 3.12. The molecule has 0 spiro atoms. The molecule has 0 fully saturated rings. The summed E-state index contributed by atoms with van der Waals surface area (Å²) >= 11 is 5.80. The maximum atomic E-state index is 13.0. The number of carbonyl (C=O) groups is 1. The normalized spacial score (nSPS) is 18.0. The van der Waals surface area contributed by atoms with Gasteiger partial charge in [0.1, 0.15) is 0 Å². The second-order valence-corrected chi connectivity index (χ2v) is 5.54. The smallest absolute Gasteiger partial charge is 0.416 e. The molecule has 126 valence electrons. The maximum Gasteiger partial charge on any atom is 0.416 e. The summed E-state index contributed by atoms with van der Waals surface area (Å²) in [6, 6.07) is 4.52. The molecule has 1 aromatic carbocycles. The molecule has 1 aromatic heterocycles. The van der Waals surface area contributed by atoms with Crippen LogP contribution in [0.15, 0.2) is 47.1 Å². The predicted octanol–water partition coefficient (Wildman–Crippen LogP) is 4.18. The van der Waals surface area contributed by atoms with Crippen LogP contribution in [0.4, 0.5) is 13.2 Å². The van der Waals surface area contributed by atoms with Crippen molar-refractivity contribution in [1.82, 2.24) is 5.32 Å². The van der Waals surface area contributed by atoms with Crippen LogP contribution in [0.3, 0.4) is 0 Å². The van der Waals surface area contributed by atoms with E-state index in [4.69, 9.17) is 20.8 Å². The molecule has 0 aliphatic carbocycles. The summed E-state index contributed by atoms with van der Waals surface area (Å²) in [5.41, 5.74) is -0.416. The van der Waals surface area contributed by atoms with Crippen LogP contribution < -0.4 is 5.32 Å². The SMILES string of the molecule is CNC1=C(c2cc(Cl)cc(C(F)(F)F)c2)C(=O)C(c2ccoc2)O1. The van der Waals surface area contributed by atoms with E-state index in [0.717, 1.165) is 12.1 Å². The first-order valence-electron chi connectivity index (χ1n) is 6.84. The summed E-state index contributed by atoms with van der Waals surface area (Å²) in [6.07, 6.45) is -2.83. The van der Waals surface area contributed by atoms with Crippen LogP contribution in [0.25, 0.3) is 5.57 Å². The van der Waals surface area contributed by atoms with Crippen molar-refractivity contribution >= 4 is 23.0 Å². The number of hydrogen-bond acceptors (Lipinski definition) is 4. The van der Waals surface area contributed by atoms with E-state index in [0.29, 0.717) is 5.56 Å². The third kappa shape index (κ3) is 2.87. The van der Waals surface area contributed by atoms with E-state index >= 15 is 0 Å². The summed E-state index contributed by atoms with van der Waals surface area (Å²) in [7, 11) is 1.51. The van der Waals surface area contributed by atoms with Crippen molar-refractivity contribution in [2.24, 2.45) is 0 Å². The summed E-state index contributed by atoms with van der Waals surface area (Å²) in [5, 5.41) is 2.57. The Balaban J connectivity index is 2.07. The molecule has 1 atom stereocenters. The highest BCUT2D eigenvalue weighted by Gasteiger charge is 2.39. The van der Waals surface area contributed by atoms with Gasteiger partial charge >= 0.3 is 6.18 Å². The highest BCUT2D eigenvalue weighted by Crippen LogP contribution is 2.40. The van der Waals surface area contributed by atoms with E-state index in [1.165, 1.54) is 25.6 Å². The van der Waals surface area contributed by atoms with Crippen LogP contribution in [-0.4, -0.2) is 12.8 Å². The van der Waals surface area contributed by atoms with Crippen LogP contribution in [0.1, 0.15) is 22.8 Å². The Labute approximate surface area is 139 Å². The Morgan fingerprint density at radius 2 is 2.00 bits per heavy atom. The number of hydrogen-bond donors (Lipinski definition) is 1. The van der Waals surface area contributed by atoms with E-state index in [1.54, 1.807) is 6.07 Å². The number of benzene rings is 1. The fourth-order valence-electron chi connectivity index (χ4n) is 2.47. The first-order valence-corrected chi connectivity index (χ1v) is 7.22. The minimum atomic E-state index is -4.58. The van der Waals surface area contributed by atoms with E-state index in [9.17, 15) is 18.0 Å². The second-order valence-electron chi connectivity index (χ2n) is 5.10. The lowest BCUT2D eigenvalue weighted by molar-refractivity contribution is -0.137. The average molecular weight is 358 g/mol. The minimum absolute atomic E-state index is 0.0108. The van der Waals surface area contributed by atoms with Gasteiger partial charge in [0.05, 0.1) is 23.7 Å². The fourth-order valence-corrected chi connectivity index (χ4v) is 2.71. The molecule has 2 aromatic rings. The number of nitrogens with one attached hydrogen (secondary N) is 1. The molecular formula is C16H11ClF3NO3. The minimum Gasteiger partial charge on any atom is -0.472 e. The van der Waals surface area contributed by atoms with Crippen molar-refractivity contribution in [1.29, 1.82) is 0 Å². The quantitative estimate of drug-likeness (QED) is 0.895. The van der Waals surface area contributed by atoms with Gasteiger partial charge in [-0.3, -0.25) is 4.79 Å².